The second-order valence-corrected chi connectivity index (χ2v) is 8.11. The molecule has 2 aromatic heterocycles. The van der Waals surface area contributed by atoms with Gasteiger partial charge in [-0.3, -0.25) is 9.59 Å². The van der Waals surface area contributed by atoms with Crippen molar-refractivity contribution in [3.05, 3.63) is 77.0 Å². The highest BCUT2D eigenvalue weighted by molar-refractivity contribution is 6.06. The molecule has 170 valence electrons. The van der Waals surface area contributed by atoms with Crippen molar-refractivity contribution in [1.82, 2.24) is 20.3 Å². The number of benzene rings is 1. The van der Waals surface area contributed by atoms with Crippen LogP contribution in [0.1, 0.15) is 65.7 Å². The van der Waals surface area contributed by atoms with Gasteiger partial charge in [0.05, 0.1) is 5.69 Å². The van der Waals surface area contributed by atoms with Crippen LogP contribution in [0.15, 0.2) is 48.7 Å². The molecule has 1 aromatic carbocycles. The molecule has 0 aliphatic heterocycles. The molecule has 0 atom stereocenters. The lowest BCUT2D eigenvalue weighted by Gasteiger charge is -2.10. The summed E-state index contributed by atoms with van der Waals surface area (Å²) in [7, 11) is 0. The summed E-state index contributed by atoms with van der Waals surface area (Å²) in [6, 6.07) is 11.0. The van der Waals surface area contributed by atoms with Crippen LogP contribution in [0.2, 0.25) is 0 Å². The third-order valence-electron chi connectivity index (χ3n) is 5.54. The Hall–Kier alpha value is -3.74. The van der Waals surface area contributed by atoms with Gasteiger partial charge in [0.1, 0.15) is 5.75 Å². The smallest absolute Gasteiger partial charge is 0.228 e. The van der Waals surface area contributed by atoms with Gasteiger partial charge in [0.2, 0.25) is 17.6 Å². The molecule has 0 spiro atoms. The number of nitrogens with zero attached hydrogens (tertiary/aromatic N) is 2. The fourth-order valence-corrected chi connectivity index (χ4v) is 3.79. The van der Waals surface area contributed by atoms with Gasteiger partial charge >= 0.3 is 0 Å². The average molecular weight is 445 g/mol. The Morgan fingerprint density at radius 3 is 2.76 bits per heavy atom. The molecule has 7 nitrogen and oxygen atoms in total. The van der Waals surface area contributed by atoms with E-state index in [0.29, 0.717) is 29.6 Å². The minimum absolute atomic E-state index is 0.00565. The van der Waals surface area contributed by atoms with E-state index < -0.39 is 0 Å². The number of aromatic nitrogens is 3. The molecule has 0 unspecified atom stereocenters. The van der Waals surface area contributed by atoms with Crippen LogP contribution in [-0.2, 0) is 17.6 Å². The Morgan fingerprint density at radius 2 is 1.97 bits per heavy atom. The number of rotatable bonds is 10. The molecule has 0 saturated carbocycles. The maximum absolute atomic E-state index is 12.8. The SMILES string of the molecule is CC(=O)NCCCCCc1cccnc1Oc1ccc(C(=O)c2nc3c([nH]2)CCC=C3)cc1. The van der Waals surface area contributed by atoms with Crippen molar-refractivity contribution in [2.24, 2.45) is 0 Å². The predicted molar refractivity (Wildman–Crippen MR) is 126 cm³/mol. The number of carbonyl (C=O) groups is 2. The second-order valence-electron chi connectivity index (χ2n) is 8.11. The number of allylic oxidation sites excluding steroid dienone is 1. The van der Waals surface area contributed by atoms with Gasteiger partial charge in [-0.25, -0.2) is 9.97 Å². The Balaban J connectivity index is 1.35. The number of hydrogen-bond acceptors (Lipinski definition) is 5. The molecule has 0 fully saturated rings. The molecular formula is C26H28N4O3. The summed E-state index contributed by atoms with van der Waals surface area (Å²) in [5.74, 6) is 1.43. The van der Waals surface area contributed by atoms with E-state index in [0.717, 1.165) is 55.5 Å². The van der Waals surface area contributed by atoms with Crippen molar-refractivity contribution in [3.63, 3.8) is 0 Å². The largest absolute Gasteiger partial charge is 0.439 e. The van der Waals surface area contributed by atoms with Crippen LogP contribution >= 0.6 is 0 Å². The topological polar surface area (TPSA) is 97.0 Å². The maximum Gasteiger partial charge on any atom is 0.228 e. The minimum atomic E-state index is -0.137. The summed E-state index contributed by atoms with van der Waals surface area (Å²) in [5.41, 5.74) is 3.45. The minimum Gasteiger partial charge on any atom is -0.439 e. The third kappa shape index (κ3) is 5.94. The van der Waals surface area contributed by atoms with Gasteiger partial charge in [0.15, 0.2) is 5.82 Å². The van der Waals surface area contributed by atoms with Gasteiger partial charge in [-0.05, 0) is 68.5 Å². The molecule has 4 rings (SSSR count). The number of aryl methyl sites for hydroxylation is 2. The van der Waals surface area contributed by atoms with Crippen LogP contribution in [-0.4, -0.2) is 33.2 Å². The monoisotopic (exact) mass is 444 g/mol. The molecule has 3 aromatic rings. The normalized spacial score (nSPS) is 12.3. The number of aromatic amines is 1. The van der Waals surface area contributed by atoms with Crippen LogP contribution < -0.4 is 10.1 Å². The summed E-state index contributed by atoms with van der Waals surface area (Å²) in [4.78, 5) is 35.7. The first-order valence-electron chi connectivity index (χ1n) is 11.4. The van der Waals surface area contributed by atoms with Gasteiger partial charge in [-0.2, -0.15) is 0 Å². The molecule has 1 aliphatic rings. The lowest BCUT2D eigenvalue weighted by Crippen LogP contribution is -2.20. The number of H-pyrrole nitrogens is 1. The quantitative estimate of drug-likeness (QED) is 0.351. The molecule has 1 amide bonds. The zero-order valence-electron chi connectivity index (χ0n) is 18.8. The molecule has 2 N–H and O–H groups in total. The zero-order chi connectivity index (χ0) is 23.0. The first-order chi connectivity index (χ1) is 16.1. The summed E-state index contributed by atoms with van der Waals surface area (Å²) in [5, 5.41) is 2.81. The van der Waals surface area contributed by atoms with Crippen LogP contribution in [0.5, 0.6) is 11.6 Å². The molecule has 0 bridgehead atoms. The van der Waals surface area contributed by atoms with E-state index in [1.807, 2.05) is 18.2 Å². The first kappa shape index (κ1) is 22.5. The highest BCUT2D eigenvalue weighted by Crippen LogP contribution is 2.25. The number of imidazole rings is 1. The molecule has 2 heterocycles. The van der Waals surface area contributed by atoms with E-state index in [2.05, 4.69) is 26.3 Å². The number of fused-ring (bicyclic) bond motifs is 1. The van der Waals surface area contributed by atoms with Crippen molar-refractivity contribution in [3.8, 4) is 11.6 Å². The highest BCUT2D eigenvalue weighted by atomic mass is 16.5. The Kier molecular flexibility index (Phi) is 7.29. The average Bonchev–Trinajstić information content (AvgIpc) is 3.26. The molecule has 7 heteroatoms. The number of unbranched alkanes of at least 4 members (excludes halogenated alkanes) is 2. The first-order valence-corrected chi connectivity index (χ1v) is 11.4. The molecule has 0 saturated heterocycles. The number of carbonyl (C=O) groups excluding carboxylic acids is 2. The number of hydrogen-bond donors (Lipinski definition) is 2. The Labute approximate surface area is 193 Å². The number of nitrogens with one attached hydrogen (secondary N) is 2. The van der Waals surface area contributed by atoms with Gasteiger partial charge in [-0.15, -0.1) is 0 Å². The number of ether oxygens (including phenoxy) is 1. The molecule has 1 aliphatic carbocycles. The lowest BCUT2D eigenvalue weighted by molar-refractivity contribution is -0.118. The summed E-state index contributed by atoms with van der Waals surface area (Å²) in [6.45, 7) is 2.23. The zero-order valence-corrected chi connectivity index (χ0v) is 18.8. The third-order valence-corrected chi connectivity index (χ3v) is 5.54. The van der Waals surface area contributed by atoms with E-state index in [4.69, 9.17) is 4.74 Å². The number of ketones is 1. The van der Waals surface area contributed by atoms with Gasteiger partial charge in [-0.1, -0.05) is 18.6 Å². The van der Waals surface area contributed by atoms with Crippen molar-refractivity contribution >= 4 is 17.8 Å². The van der Waals surface area contributed by atoms with Crippen molar-refractivity contribution in [1.29, 1.82) is 0 Å². The van der Waals surface area contributed by atoms with E-state index >= 15 is 0 Å². The lowest BCUT2D eigenvalue weighted by atomic mass is 10.1. The van der Waals surface area contributed by atoms with Gasteiger partial charge < -0.3 is 15.0 Å². The van der Waals surface area contributed by atoms with E-state index in [9.17, 15) is 9.59 Å². The van der Waals surface area contributed by atoms with Crippen molar-refractivity contribution in [2.75, 3.05) is 6.54 Å². The summed E-state index contributed by atoms with van der Waals surface area (Å²) in [6.07, 6.45) is 11.4. The highest BCUT2D eigenvalue weighted by Gasteiger charge is 2.17. The molecule has 0 radical (unpaired) electrons. The Bertz CT molecular complexity index is 1150. The second kappa shape index (κ2) is 10.7. The van der Waals surface area contributed by atoms with E-state index in [1.54, 1.807) is 30.5 Å². The standard InChI is InChI=1S/C26H28N4O3/c1-18(31)27-16-6-2-3-8-20-9-7-17-28-26(20)33-21-14-12-19(13-15-21)24(32)25-29-22-10-4-5-11-23(22)30-25/h4,7,9-10,12-15,17H,2-3,5-6,8,11,16H2,1H3,(H,27,31)(H,29,30). The fraction of sp³-hybridized carbons (Fsp3) is 0.308. The fourth-order valence-electron chi connectivity index (χ4n) is 3.79. The molecule has 33 heavy (non-hydrogen) atoms. The van der Waals surface area contributed by atoms with Crippen LogP contribution in [0.4, 0.5) is 0 Å². The van der Waals surface area contributed by atoms with E-state index in [-0.39, 0.29) is 11.7 Å². The van der Waals surface area contributed by atoms with Crippen molar-refractivity contribution < 1.29 is 14.3 Å². The predicted octanol–water partition coefficient (Wildman–Crippen LogP) is 4.64. The van der Waals surface area contributed by atoms with Crippen molar-refractivity contribution in [2.45, 2.75) is 45.4 Å². The molecular weight excluding hydrogens is 416 g/mol. The number of pyridine rings is 1. The van der Waals surface area contributed by atoms with E-state index in [1.165, 1.54) is 6.92 Å². The van der Waals surface area contributed by atoms with Gasteiger partial charge in [0, 0.05) is 36.5 Å². The number of amides is 1. The van der Waals surface area contributed by atoms with Crippen LogP contribution in [0.3, 0.4) is 0 Å². The summed E-state index contributed by atoms with van der Waals surface area (Å²) < 4.78 is 6.01. The van der Waals surface area contributed by atoms with Crippen LogP contribution in [0, 0.1) is 0 Å². The Morgan fingerprint density at radius 1 is 1.12 bits per heavy atom. The van der Waals surface area contributed by atoms with Crippen LogP contribution in [0.25, 0.3) is 6.08 Å². The maximum atomic E-state index is 12.8. The van der Waals surface area contributed by atoms with Gasteiger partial charge in [0.25, 0.3) is 0 Å². The summed E-state index contributed by atoms with van der Waals surface area (Å²) >= 11 is 0.